The fourth-order valence-corrected chi connectivity index (χ4v) is 4.70. The van der Waals surface area contributed by atoms with Gasteiger partial charge in [-0.3, -0.25) is 4.79 Å². The average molecular weight is 514 g/mol. The molecule has 4 aromatic rings. The predicted molar refractivity (Wildman–Crippen MR) is 147 cm³/mol. The second-order valence-corrected chi connectivity index (χ2v) is 9.33. The molecule has 4 rings (SSSR count). The summed E-state index contributed by atoms with van der Waals surface area (Å²) < 4.78 is 5.28. The van der Waals surface area contributed by atoms with E-state index in [2.05, 4.69) is 11.4 Å². The van der Waals surface area contributed by atoms with Crippen LogP contribution in [0.1, 0.15) is 18.1 Å². The number of nitriles is 1. The van der Waals surface area contributed by atoms with Crippen molar-refractivity contribution >= 4 is 35.0 Å². The quantitative estimate of drug-likeness (QED) is 0.251. The first-order valence-corrected chi connectivity index (χ1v) is 12.7. The number of hydrogen-bond acceptors (Lipinski definition) is 5. The number of anilines is 1. The van der Waals surface area contributed by atoms with Gasteiger partial charge in [0.15, 0.2) is 0 Å². The third-order valence-corrected chi connectivity index (χ3v) is 6.88. The molecule has 0 aliphatic heterocycles. The highest BCUT2D eigenvalue weighted by Crippen LogP contribution is 2.35. The van der Waals surface area contributed by atoms with Crippen molar-refractivity contribution in [2.24, 2.45) is 0 Å². The van der Waals surface area contributed by atoms with E-state index in [1.54, 1.807) is 19.2 Å². The summed E-state index contributed by atoms with van der Waals surface area (Å²) in [5.41, 5.74) is 5.43. The highest BCUT2D eigenvalue weighted by molar-refractivity contribution is 8.00. The van der Waals surface area contributed by atoms with Crippen LogP contribution in [0, 0.1) is 11.3 Å². The summed E-state index contributed by atoms with van der Waals surface area (Å²) in [5.74, 6) is 0.684. The van der Waals surface area contributed by atoms with Crippen molar-refractivity contribution in [1.29, 1.82) is 5.26 Å². The number of thioether (sulfide) groups is 1. The Hall–Kier alpha value is -3.79. The zero-order valence-corrected chi connectivity index (χ0v) is 21.5. The van der Waals surface area contributed by atoms with Gasteiger partial charge in [0.1, 0.15) is 16.8 Å². The topological polar surface area (TPSA) is 75.0 Å². The third-order valence-electron chi connectivity index (χ3n) is 5.65. The van der Waals surface area contributed by atoms with Gasteiger partial charge < -0.3 is 10.1 Å². The number of amides is 1. The number of methoxy groups -OCH3 is 1. The largest absolute Gasteiger partial charge is 0.497 e. The first-order valence-electron chi connectivity index (χ1n) is 11.4. The zero-order valence-electron chi connectivity index (χ0n) is 19.9. The number of aryl methyl sites for hydroxylation is 1. The van der Waals surface area contributed by atoms with E-state index >= 15 is 0 Å². The van der Waals surface area contributed by atoms with E-state index in [9.17, 15) is 10.1 Å². The van der Waals surface area contributed by atoms with Crippen LogP contribution >= 0.6 is 23.4 Å². The molecule has 0 aliphatic carbocycles. The standard InChI is InChI=1S/C29H24ClN3O2S/c1-3-19-6-4-5-7-26(19)32-28(34)18-36-29-25(17-31)24(20-10-14-23(35-2)15-11-20)16-27(33-29)21-8-12-22(30)13-9-21/h4-16H,3,18H2,1-2H3,(H,32,34). The number of ether oxygens (including phenoxy) is 1. The third kappa shape index (κ3) is 5.88. The molecule has 0 spiro atoms. The Kier molecular flexibility index (Phi) is 8.27. The van der Waals surface area contributed by atoms with Crippen LogP contribution in [-0.2, 0) is 11.2 Å². The molecule has 1 amide bonds. The molecule has 0 radical (unpaired) electrons. The Balaban J connectivity index is 1.69. The van der Waals surface area contributed by atoms with Gasteiger partial charge in [-0.15, -0.1) is 0 Å². The van der Waals surface area contributed by atoms with Gasteiger partial charge in [-0.2, -0.15) is 5.26 Å². The Morgan fingerprint density at radius 2 is 1.75 bits per heavy atom. The van der Waals surface area contributed by atoms with Crippen LogP contribution in [0.25, 0.3) is 22.4 Å². The molecule has 0 aliphatic rings. The van der Waals surface area contributed by atoms with Gasteiger partial charge in [-0.05, 0) is 53.9 Å². The van der Waals surface area contributed by atoms with Crippen molar-refractivity contribution in [3.8, 4) is 34.2 Å². The lowest BCUT2D eigenvalue weighted by Gasteiger charge is -2.14. The minimum absolute atomic E-state index is 0.117. The van der Waals surface area contributed by atoms with E-state index in [0.717, 1.165) is 40.1 Å². The average Bonchev–Trinajstić information content (AvgIpc) is 2.92. The Bertz CT molecular complexity index is 1410. The van der Waals surface area contributed by atoms with E-state index in [4.69, 9.17) is 21.3 Å². The predicted octanol–water partition coefficient (Wildman–Crippen LogP) is 7.24. The molecule has 36 heavy (non-hydrogen) atoms. The fraction of sp³-hybridized carbons (Fsp3) is 0.138. The minimum Gasteiger partial charge on any atom is -0.497 e. The first kappa shape index (κ1) is 25.3. The molecule has 1 aromatic heterocycles. The van der Waals surface area contributed by atoms with Crippen LogP contribution in [0.4, 0.5) is 5.69 Å². The molecule has 0 fully saturated rings. The molecule has 0 bridgehead atoms. The van der Waals surface area contributed by atoms with Crippen molar-refractivity contribution in [2.75, 3.05) is 18.2 Å². The molecular weight excluding hydrogens is 490 g/mol. The van der Waals surface area contributed by atoms with Gasteiger partial charge in [0.2, 0.25) is 5.91 Å². The van der Waals surface area contributed by atoms with E-state index in [1.807, 2.05) is 73.7 Å². The van der Waals surface area contributed by atoms with Crippen molar-refractivity contribution < 1.29 is 9.53 Å². The maximum absolute atomic E-state index is 12.8. The molecule has 0 saturated heterocycles. The molecule has 1 N–H and O–H groups in total. The summed E-state index contributed by atoms with van der Waals surface area (Å²) in [4.78, 5) is 17.6. The molecule has 0 unspecified atom stereocenters. The molecule has 180 valence electrons. The van der Waals surface area contributed by atoms with Crippen LogP contribution in [0.15, 0.2) is 83.9 Å². The van der Waals surface area contributed by atoms with Crippen molar-refractivity contribution in [1.82, 2.24) is 4.98 Å². The second-order valence-electron chi connectivity index (χ2n) is 7.93. The monoisotopic (exact) mass is 513 g/mol. The van der Waals surface area contributed by atoms with E-state index in [0.29, 0.717) is 21.3 Å². The Morgan fingerprint density at radius 3 is 2.42 bits per heavy atom. The summed E-state index contributed by atoms with van der Waals surface area (Å²) >= 11 is 7.33. The lowest BCUT2D eigenvalue weighted by atomic mass is 9.99. The fourth-order valence-electron chi connectivity index (χ4n) is 3.77. The van der Waals surface area contributed by atoms with Crippen LogP contribution in [-0.4, -0.2) is 23.8 Å². The van der Waals surface area contributed by atoms with Crippen LogP contribution in [0.2, 0.25) is 5.02 Å². The summed E-state index contributed by atoms with van der Waals surface area (Å²) in [6.45, 7) is 2.05. The summed E-state index contributed by atoms with van der Waals surface area (Å²) in [5, 5.41) is 14.2. The smallest absolute Gasteiger partial charge is 0.234 e. The molecule has 0 saturated carbocycles. The normalized spacial score (nSPS) is 10.5. The number of nitrogens with one attached hydrogen (secondary N) is 1. The lowest BCUT2D eigenvalue weighted by molar-refractivity contribution is -0.113. The molecule has 7 heteroatoms. The highest BCUT2D eigenvalue weighted by Gasteiger charge is 2.17. The van der Waals surface area contributed by atoms with Gasteiger partial charge in [-0.25, -0.2) is 4.98 Å². The Morgan fingerprint density at radius 1 is 1.06 bits per heavy atom. The summed E-state index contributed by atoms with van der Waals surface area (Å²) in [6.07, 6.45) is 0.818. The maximum Gasteiger partial charge on any atom is 0.234 e. The van der Waals surface area contributed by atoms with Crippen LogP contribution in [0.5, 0.6) is 5.75 Å². The highest BCUT2D eigenvalue weighted by atomic mass is 35.5. The summed E-state index contributed by atoms with van der Waals surface area (Å²) in [6, 6.07) is 26.8. The molecular formula is C29H24ClN3O2S. The number of para-hydroxylation sites is 1. The van der Waals surface area contributed by atoms with E-state index in [1.165, 1.54) is 11.8 Å². The van der Waals surface area contributed by atoms with Gasteiger partial charge in [0.05, 0.1) is 24.1 Å². The van der Waals surface area contributed by atoms with Gasteiger partial charge in [-0.1, -0.05) is 72.8 Å². The number of halogens is 1. The van der Waals surface area contributed by atoms with Gasteiger partial charge >= 0.3 is 0 Å². The number of hydrogen-bond donors (Lipinski definition) is 1. The SMILES string of the molecule is CCc1ccccc1NC(=O)CSc1nc(-c2ccc(Cl)cc2)cc(-c2ccc(OC)cc2)c1C#N. The van der Waals surface area contributed by atoms with E-state index in [-0.39, 0.29) is 11.7 Å². The van der Waals surface area contributed by atoms with Crippen LogP contribution in [0.3, 0.4) is 0 Å². The number of nitrogens with zero attached hydrogens (tertiary/aromatic N) is 2. The molecule has 0 atom stereocenters. The number of rotatable bonds is 8. The second kappa shape index (κ2) is 11.8. The Labute approximate surface area is 220 Å². The number of pyridine rings is 1. The van der Waals surface area contributed by atoms with E-state index < -0.39 is 0 Å². The summed E-state index contributed by atoms with van der Waals surface area (Å²) in [7, 11) is 1.61. The van der Waals surface area contributed by atoms with Crippen molar-refractivity contribution in [3.63, 3.8) is 0 Å². The minimum atomic E-state index is -0.158. The molecule has 3 aromatic carbocycles. The van der Waals surface area contributed by atoms with Crippen molar-refractivity contribution in [2.45, 2.75) is 18.4 Å². The van der Waals surface area contributed by atoms with Gasteiger partial charge in [0, 0.05) is 21.8 Å². The molecule has 1 heterocycles. The van der Waals surface area contributed by atoms with Gasteiger partial charge in [0.25, 0.3) is 0 Å². The number of carbonyl (C=O) groups excluding carboxylic acids is 1. The van der Waals surface area contributed by atoms with Crippen molar-refractivity contribution in [3.05, 3.63) is 95.0 Å². The number of benzene rings is 3. The lowest BCUT2D eigenvalue weighted by Crippen LogP contribution is -2.15. The number of carbonyl (C=O) groups is 1. The molecule has 5 nitrogen and oxygen atoms in total. The number of aromatic nitrogens is 1. The first-order chi connectivity index (χ1) is 17.5. The van der Waals surface area contributed by atoms with Crippen LogP contribution < -0.4 is 10.1 Å². The maximum atomic E-state index is 12.8. The zero-order chi connectivity index (χ0) is 25.5.